The van der Waals surface area contributed by atoms with E-state index < -0.39 is 28.6 Å². The van der Waals surface area contributed by atoms with Gasteiger partial charge in [-0.1, -0.05) is 52.0 Å². The fourth-order valence-electron chi connectivity index (χ4n) is 5.99. The first-order chi connectivity index (χ1) is 17.9. The highest BCUT2D eigenvalue weighted by Gasteiger charge is 2.76. The Morgan fingerprint density at radius 1 is 1.32 bits per heavy atom. The van der Waals surface area contributed by atoms with Gasteiger partial charge in [0.25, 0.3) is 0 Å². The van der Waals surface area contributed by atoms with Crippen LogP contribution in [0.5, 0.6) is 0 Å². The number of likely N-dealkylation sites (tertiary alicyclic amines) is 1. The minimum absolute atomic E-state index is 0.00567. The monoisotopic (exact) mass is 589 g/mol. The number of carbonyl (C=O) groups excluding carboxylic acids is 3. The van der Waals surface area contributed by atoms with Gasteiger partial charge in [-0.25, -0.2) is 4.68 Å². The van der Waals surface area contributed by atoms with Gasteiger partial charge in [-0.05, 0) is 18.6 Å². The Labute approximate surface area is 226 Å². The molecule has 3 unspecified atom stereocenters. The zero-order chi connectivity index (χ0) is 26.3. The number of rotatable bonds is 10. The van der Waals surface area contributed by atoms with Gasteiger partial charge in [-0.3, -0.25) is 14.4 Å². The number of hydrogen-bond donors (Lipinski definition) is 1. The van der Waals surface area contributed by atoms with Gasteiger partial charge in [0.15, 0.2) is 0 Å². The molecule has 0 radical (unpaired) electrons. The van der Waals surface area contributed by atoms with Gasteiger partial charge in [-0.15, -0.1) is 23.4 Å². The summed E-state index contributed by atoms with van der Waals surface area (Å²) < 4.78 is 6.19. The largest absolute Gasteiger partial charge is 0.461 e. The van der Waals surface area contributed by atoms with Crippen LogP contribution >= 0.6 is 27.7 Å². The average Bonchev–Trinajstić information content (AvgIpc) is 3.60. The number of hydrogen-bond acceptors (Lipinski definition) is 8. The number of alkyl halides is 1. The molecule has 10 nitrogen and oxygen atoms in total. The van der Waals surface area contributed by atoms with E-state index in [1.54, 1.807) is 15.7 Å². The van der Waals surface area contributed by atoms with Crippen LogP contribution in [0.1, 0.15) is 6.42 Å². The van der Waals surface area contributed by atoms with Gasteiger partial charge < -0.3 is 19.6 Å². The van der Waals surface area contributed by atoms with Gasteiger partial charge in [-0.2, -0.15) is 0 Å². The van der Waals surface area contributed by atoms with Gasteiger partial charge in [0.1, 0.15) is 24.8 Å². The second-order valence-corrected chi connectivity index (χ2v) is 12.1. The molecule has 3 fully saturated rings. The number of aliphatic hydroxyl groups excluding tert-OH is 1. The minimum atomic E-state index is -0.862. The summed E-state index contributed by atoms with van der Waals surface area (Å²) >= 11 is 5.23. The molecule has 1 aromatic heterocycles. The predicted molar refractivity (Wildman–Crippen MR) is 142 cm³/mol. The van der Waals surface area contributed by atoms with Gasteiger partial charge in [0, 0.05) is 23.2 Å². The number of thioether (sulfide) groups is 1. The van der Waals surface area contributed by atoms with E-state index in [2.05, 4.69) is 39.4 Å². The highest BCUT2D eigenvalue weighted by atomic mass is 79.9. The number of benzene rings is 1. The number of β-amino-alcohol motifs (C(OH)–C–C–N with tert-alkyl or cyclic N) is 1. The number of carbonyl (C=O) groups is 3. The Hall–Kier alpha value is -2.70. The fraction of sp³-hybridized carbons (Fsp3) is 0.480. The normalized spacial score (nSPS) is 29.9. The number of ether oxygens (including phenoxy) is 1. The molecule has 12 heteroatoms. The molecule has 0 aliphatic carbocycles. The summed E-state index contributed by atoms with van der Waals surface area (Å²) in [6.07, 6.45) is 3.65. The summed E-state index contributed by atoms with van der Waals surface area (Å²) in [6, 6.07) is 6.60. The minimum Gasteiger partial charge on any atom is -0.461 e. The maximum atomic E-state index is 14.3. The Bertz CT molecular complexity index is 1260. The maximum absolute atomic E-state index is 14.3. The van der Waals surface area contributed by atoms with E-state index in [4.69, 9.17) is 4.74 Å². The summed E-state index contributed by atoms with van der Waals surface area (Å²) in [7, 11) is 0. The Morgan fingerprint density at radius 3 is 2.84 bits per heavy atom. The molecule has 6 atom stereocenters. The molecule has 2 bridgehead atoms. The third-order valence-corrected chi connectivity index (χ3v) is 10.6. The summed E-state index contributed by atoms with van der Waals surface area (Å²) in [5.74, 6) is -2.45. The zero-order valence-corrected chi connectivity index (χ0v) is 22.5. The lowest BCUT2D eigenvalue weighted by Gasteiger charge is -2.37. The summed E-state index contributed by atoms with van der Waals surface area (Å²) in [4.78, 5) is 44.1. The standard InChI is InChI=1S/C25H28BrN5O5S/c1-3-9-29(14-31-17-8-6-5-7-16(17)27-28-31)23(34)21-25-13-15(26)20(37-25)18(24(35)36-12-4-2)19(25)22(33)30(21)10-11-32/h3-8,15,18-21,32H,1-2,9-14H2/t15?,18-,19-,20-,21?,25?/m0/s1. The van der Waals surface area contributed by atoms with Crippen LogP contribution in [-0.2, 0) is 25.8 Å². The zero-order valence-electron chi connectivity index (χ0n) is 20.1. The van der Waals surface area contributed by atoms with E-state index >= 15 is 0 Å². The average molecular weight is 591 g/mol. The van der Waals surface area contributed by atoms with Crippen molar-refractivity contribution in [2.75, 3.05) is 26.3 Å². The molecule has 2 amide bonds. The van der Waals surface area contributed by atoms with E-state index in [0.717, 1.165) is 5.52 Å². The molecule has 0 saturated carbocycles. The maximum Gasteiger partial charge on any atom is 0.311 e. The predicted octanol–water partition coefficient (Wildman–Crippen LogP) is 1.59. The molecule has 37 heavy (non-hydrogen) atoms. The van der Waals surface area contributed by atoms with Crippen molar-refractivity contribution in [3.8, 4) is 0 Å². The molecule has 5 rings (SSSR count). The molecule has 1 aromatic carbocycles. The molecule has 3 saturated heterocycles. The van der Waals surface area contributed by atoms with Gasteiger partial charge in [0.2, 0.25) is 11.8 Å². The molecular formula is C25H28BrN5O5S. The van der Waals surface area contributed by atoms with Crippen LogP contribution in [0, 0.1) is 11.8 Å². The molecular weight excluding hydrogens is 562 g/mol. The van der Waals surface area contributed by atoms with Crippen LogP contribution in [-0.4, -0.2) is 94.9 Å². The summed E-state index contributed by atoms with van der Waals surface area (Å²) in [6.45, 7) is 7.49. The van der Waals surface area contributed by atoms with Crippen molar-refractivity contribution >= 4 is 56.5 Å². The molecule has 1 spiro atoms. The topological polar surface area (TPSA) is 118 Å². The van der Waals surface area contributed by atoms with E-state index in [-0.39, 0.29) is 54.9 Å². The molecule has 3 aliphatic heterocycles. The SMILES string of the molecule is C=CCOC(=O)[C@H]1[C@H]2C(=O)N(CCO)C(C(=O)N(CC=C)Cn3nnc4ccccc43)C23CC(Br)[C@@H]1S3. The Kier molecular flexibility index (Phi) is 7.16. The van der Waals surface area contributed by atoms with Crippen LogP contribution in [0.25, 0.3) is 11.0 Å². The molecule has 4 heterocycles. The van der Waals surface area contributed by atoms with Crippen LogP contribution in [0.3, 0.4) is 0 Å². The number of aromatic nitrogens is 3. The second-order valence-electron chi connectivity index (χ2n) is 9.41. The molecule has 3 aliphatic rings. The lowest BCUT2D eigenvalue weighted by atomic mass is 9.71. The molecule has 2 aromatic rings. The van der Waals surface area contributed by atoms with Crippen molar-refractivity contribution in [1.82, 2.24) is 24.8 Å². The summed E-state index contributed by atoms with van der Waals surface area (Å²) in [5, 5.41) is 18.0. The van der Waals surface area contributed by atoms with Crippen LogP contribution in [0.4, 0.5) is 0 Å². The Balaban J connectivity index is 1.51. The third-order valence-electron chi connectivity index (χ3n) is 7.37. The number of nitrogens with zero attached hydrogens (tertiary/aromatic N) is 5. The lowest BCUT2D eigenvalue weighted by molar-refractivity contribution is -0.153. The van der Waals surface area contributed by atoms with Crippen molar-refractivity contribution < 1.29 is 24.2 Å². The van der Waals surface area contributed by atoms with Crippen molar-refractivity contribution in [3.05, 3.63) is 49.6 Å². The second kappa shape index (κ2) is 10.2. The number of fused-ring (bicyclic) bond motifs is 2. The number of aliphatic hydroxyl groups is 1. The highest BCUT2D eigenvalue weighted by Crippen LogP contribution is 2.68. The van der Waals surface area contributed by atoms with Crippen molar-refractivity contribution in [2.24, 2.45) is 11.8 Å². The fourth-order valence-corrected chi connectivity index (χ4v) is 9.59. The van der Waals surface area contributed by atoms with Crippen molar-refractivity contribution in [1.29, 1.82) is 0 Å². The van der Waals surface area contributed by atoms with E-state index in [0.29, 0.717) is 11.9 Å². The number of halogens is 1. The smallest absolute Gasteiger partial charge is 0.311 e. The van der Waals surface area contributed by atoms with Crippen LogP contribution in [0.2, 0.25) is 0 Å². The van der Waals surface area contributed by atoms with Crippen LogP contribution < -0.4 is 0 Å². The first-order valence-corrected chi connectivity index (χ1v) is 13.9. The van der Waals surface area contributed by atoms with Crippen LogP contribution in [0.15, 0.2) is 49.6 Å². The number of amides is 2. The van der Waals surface area contributed by atoms with E-state index in [1.165, 1.54) is 22.7 Å². The van der Waals surface area contributed by atoms with Gasteiger partial charge >= 0.3 is 5.97 Å². The first kappa shape index (κ1) is 25.9. The van der Waals surface area contributed by atoms with E-state index in [9.17, 15) is 19.5 Å². The quantitative estimate of drug-likeness (QED) is 0.252. The van der Waals surface area contributed by atoms with Gasteiger partial charge in [0.05, 0.1) is 28.7 Å². The lowest BCUT2D eigenvalue weighted by Crippen LogP contribution is -2.56. The molecule has 196 valence electrons. The van der Waals surface area contributed by atoms with Crippen molar-refractivity contribution in [3.63, 3.8) is 0 Å². The number of para-hydroxylation sites is 1. The molecule has 1 N–H and O–H groups in total. The Morgan fingerprint density at radius 2 is 2.11 bits per heavy atom. The first-order valence-electron chi connectivity index (χ1n) is 12.1. The number of esters is 1. The summed E-state index contributed by atoms with van der Waals surface area (Å²) in [5.41, 5.74) is 1.48. The highest BCUT2D eigenvalue weighted by molar-refractivity contribution is 9.09. The third kappa shape index (κ3) is 4.09. The van der Waals surface area contributed by atoms with E-state index in [1.807, 2.05) is 24.3 Å². The van der Waals surface area contributed by atoms with Crippen molar-refractivity contribution in [2.45, 2.75) is 34.0 Å².